The average Bonchev–Trinajstić information content (AvgIpc) is 3.21. The molecule has 0 atom stereocenters. The molecule has 3 aromatic rings. The third kappa shape index (κ3) is 4.99. The Labute approximate surface area is 184 Å². The van der Waals surface area contributed by atoms with Gasteiger partial charge in [0.2, 0.25) is 0 Å². The minimum Gasteiger partial charge on any atom is -0.455 e. The first kappa shape index (κ1) is 23.0. The lowest BCUT2D eigenvalue weighted by atomic mass is 10.1. The third-order valence-electron chi connectivity index (χ3n) is 4.25. The first-order chi connectivity index (χ1) is 15.5. The van der Waals surface area contributed by atoms with Crippen molar-refractivity contribution < 1.29 is 27.6 Å². The van der Waals surface area contributed by atoms with Gasteiger partial charge in [0.1, 0.15) is 11.5 Å². The molecule has 0 bridgehead atoms. The maximum absolute atomic E-state index is 12.2. The lowest BCUT2D eigenvalue weighted by molar-refractivity contribution is -0.402. The summed E-state index contributed by atoms with van der Waals surface area (Å²) in [6, 6.07) is 9.49. The molecule has 0 aliphatic carbocycles. The van der Waals surface area contributed by atoms with Crippen LogP contribution in [0.3, 0.4) is 0 Å². The fourth-order valence-corrected chi connectivity index (χ4v) is 3.52. The predicted octanol–water partition coefficient (Wildman–Crippen LogP) is 3.29. The second-order valence-electron chi connectivity index (χ2n) is 6.50. The molecule has 1 heterocycles. The Morgan fingerprint density at radius 2 is 1.48 bits per heavy atom. The highest BCUT2D eigenvalue weighted by atomic mass is 32.2. The number of nitro benzene ring substituents is 3. The van der Waals surface area contributed by atoms with Crippen molar-refractivity contribution in [3.05, 3.63) is 90.2 Å². The summed E-state index contributed by atoms with van der Waals surface area (Å²) < 4.78 is 29.8. The molecule has 3 rings (SSSR count). The van der Waals surface area contributed by atoms with Crippen molar-refractivity contribution >= 4 is 33.3 Å². The van der Waals surface area contributed by atoms with Crippen molar-refractivity contribution in [1.82, 2.24) is 4.83 Å². The molecule has 15 heteroatoms. The largest absolute Gasteiger partial charge is 0.455 e. The molecule has 0 unspecified atom stereocenters. The summed E-state index contributed by atoms with van der Waals surface area (Å²) >= 11 is 0. The van der Waals surface area contributed by atoms with Crippen LogP contribution in [0.1, 0.15) is 11.3 Å². The van der Waals surface area contributed by atoms with Gasteiger partial charge in [-0.3, -0.25) is 30.3 Å². The van der Waals surface area contributed by atoms with Crippen molar-refractivity contribution in [3.8, 4) is 11.3 Å². The van der Waals surface area contributed by atoms with Crippen LogP contribution >= 0.6 is 0 Å². The number of hydrogen-bond donors (Lipinski definition) is 1. The van der Waals surface area contributed by atoms with Crippen LogP contribution in [0.5, 0.6) is 0 Å². The number of rotatable bonds is 8. The van der Waals surface area contributed by atoms with E-state index in [2.05, 4.69) is 5.10 Å². The highest BCUT2D eigenvalue weighted by molar-refractivity contribution is 7.89. The Morgan fingerprint density at radius 3 is 2.00 bits per heavy atom. The van der Waals surface area contributed by atoms with Gasteiger partial charge in [0, 0.05) is 0 Å². The second-order valence-corrected chi connectivity index (χ2v) is 8.16. The summed E-state index contributed by atoms with van der Waals surface area (Å²) in [4.78, 5) is 32.7. The third-order valence-corrected chi connectivity index (χ3v) is 5.49. The van der Waals surface area contributed by atoms with Crippen LogP contribution in [-0.4, -0.2) is 29.4 Å². The van der Waals surface area contributed by atoms with Gasteiger partial charge in [-0.25, -0.2) is 0 Å². The number of furan rings is 1. The zero-order chi connectivity index (χ0) is 24.3. The minimum absolute atomic E-state index is 0.0393. The summed E-state index contributed by atoms with van der Waals surface area (Å²) in [6.07, 6.45) is 0.943. The number of sulfonamides is 1. The van der Waals surface area contributed by atoms with Crippen LogP contribution in [0.25, 0.3) is 11.3 Å². The van der Waals surface area contributed by atoms with Crippen LogP contribution in [-0.2, 0) is 10.0 Å². The smallest absolute Gasteiger partial charge is 0.294 e. The van der Waals surface area contributed by atoms with Gasteiger partial charge in [-0.1, -0.05) is 17.7 Å². The molecule has 0 saturated heterocycles. The normalized spacial score (nSPS) is 11.4. The van der Waals surface area contributed by atoms with Crippen LogP contribution in [0.15, 0.2) is 62.9 Å². The van der Waals surface area contributed by atoms with Crippen LogP contribution in [0.2, 0.25) is 0 Å². The number of non-ortho nitro benzene ring substituents is 1. The number of nitrogens with zero attached hydrogens (tertiary/aromatic N) is 4. The minimum atomic E-state index is -3.97. The first-order valence-electron chi connectivity index (χ1n) is 8.82. The molecule has 0 fully saturated rings. The summed E-state index contributed by atoms with van der Waals surface area (Å²) in [5.74, 6) is -0.440. The van der Waals surface area contributed by atoms with Crippen molar-refractivity contribution in [2.75, 3.05) is 0 Å². The summed E-state index contributed by atoms with van der Waals surface area (Å²) in [5.41, 5.74) is -2.39. The molecule has 170 valence electrons. The van der Waals surface area contributed by atoms with E-state index in [1.54, 1.807) is 19.1 Å². The van der Waals surface area contributed by atoms with Crippen LogP contribution in [0, 0.1) is 37.3 Å². The Hall–Kier alpha value is -4.66. The molecule has 0 amide bonds. The van der Waals surface area contributed by atoms with Gasteiger partial charge in [0.15, 0.2) is 5.56 Å². The van der Waals surface area contributed by atoms with Gasteiger partial charge in [-0.15, -0.1) is 0 Å². The molecule has 1 aromatic heterocycles. The summed E-state index contributed by atoms with van der Waals surface area (Å²) in [7, 11) is -3.97. The quantitative estimate of drug-likeness (QED) is 0.288. The van der Waals surface area contributed by atoms with E-state index in [0.717, 1.165) is 17.8 Å². The number of hydrazone groups is 1. The molecule has 0 spiro atoms. The molecular weight excluding hydrogens is 462 g/mol. The van der Waals surface area contributed by atoms with E-state index in [-0.39, 0.29) is 16.4 Å². The number of nitrogens with one attached hydrogen (secondary N) is 1. The molecule has 0 aliphatic rings. The predicted molar refractivity (Wildman–Crippen MR) is 113 cm³/mol. The Kier molecular flexibility index (Phi) is 6.16. The topological polar surface area (TPSA) is 201 Å². The van der Waals surface area contributed by atoms with Crippen molar-refractivity contribution in [2.45, 2.75) is 11.8 Å². The molecule has 14 nitrogen and oxygen atoms in total. The standard InChI is InChI=1S/C18H13N5O9S/c1-11-2-5-14(6-3-11)33(30,31)20-19-10-13-4-7-17(32-13)18-15(22(26)27)8-12(21(24)25)9-16(18)23(28)29/h2-10,20H,1H3/b19-10+. The maximum atomic E-state index is 12.2. The Balaban J connectivity index is 1.94. The van der Waals surface area contributed by atoms with Crippen LogP contribution in [0.4, 0.5) is 17.1 Å². The van der Waals surface area contributed by atoms with E-state index in [1.165, 1.54) is 18.2 Å². The second kappa shape index (κ2) is 8.83. The van der Waals surface area contributed by atoms with E-state index in [4.69, 9.17) is 4.42 Å². The van der Waals surface area contributed by atoms with Gasteiger partial charge >= 0.3 is 0 Å². The number of aryl methyl sites for hydroxylation is 1. The van der Waals surface area contributed by atoms with Crippen molar-refractivity contribution in [2.24, 2.45) is 5.10 Å². The van der Waals surface area contributed by atoms with Crippen molar-refractivity contribution in [1.29, 1.82) is 0 Å². The number of nitro groups is 3. The van der Waals surface area contributed by atoms with Crippen LogP contribution < -0.4 is 4.83 Å². The number of hydrogen-bond acceptors (Lipinski definition) is 10. The molecule has 0 saturated carbocycles. The molecule has 1 N–H and O–H groups in total. The summed E-state index contributed by atoms with van der Waals surface area (Å²) in [6.45, 7) is 1.79. The lowest BCUT2D eigenvalue weighted by Gasteiger charge is -2.03. The van der Waals surface area contributed by atoms with Gasteiger partial charge in [0.25, 0.3) is 27.1 Å². The van der Waals surface area contributed by atoms with Gasteiger partial charge in [0.05, 0.1) is 38.0 Å². The molecule has 0 aliphatic heterocycles. The van der Waals surface area contributed by atoms with E-state index >= 15 is 0 Å². The zero-order valence-electron chi connectivity index (χ0n) is 16.6. The SMILES string of the molecule is Cc1ccc(S(=O)(=O)N/N=C/c2ccc(-c3c([N+](=O)[O-])cc([N+](=O)[O-])cc3[N+](=O)[O-])o2)cc1. The Bertz CT molecular complexity index is 1360. The average molecular weight is 475 g/mol. The fourth-order valence-electron chi connectivity index (χ4n) is 2.73. The highest BCUT2D eigenvalue weighted by Crippen LogP contribution is 2.41. The van der Waals surface area contributed by atoms with E-state index in [9.17, 15) is 38.8 Å². The monoisotopic (exact) mass is 475 g/mol. The zero-order valence-corrected chi connectivity index (χ0v) is 17.4. The van der Waals surface area contributed by atoms with Crippen molar-refractivity contribution in [3.63, 3.8) is 0 Å². The molecule has 2 aromatic carbocycles. The highest BCUT2D eigenvalue weighted by Gasteiger charge is 2.33. The lowest BCUT2D eigenvalue weighted by Crippen LogP contribution is -2.18. The van der Waals surface area contributed by atoms with E-state index < -0.39 is 47.4 Å². The first-order valence-corrected chi connectivity index (χ1v) is 10.3. The van der Waals surface area contributed by atoms with Gasteiger partial charge in [-0.2, -0.15) is 18.4 Å². The Morgan fingerprint density at radius 1 is 0.909 bits per heavy atom. The van der Waals surface area contributed by atoms with Gasteiger partial charge in [-0.05, 0) is 31.2 Å². The molecular formula is C18H13N5O9S. The maximum Gasteiger partial charge on any atom is 0.294 e. The van der Waals surface area contributed by atoms with Gasteiger partial charge < -0.3 is 4.42 Å². The molecule has 0 radical (unpaired) electrons. The summed E-state index contributed by atoms with van der Waals surface area (Å²) in [5, 5.41) is 37.4. The fraction of sp³-hybridized carbons (Fsp3) is 0.0556. The number of benzene rings is 2. The van der Waals surface area contributed by atoms with E-state index in [1.807, 2.05) is 4.83 Å². The van der Waals surface area contributed by atoms with E-state index in [0.29, 0.717) is 12.1 Å². The molecule has 33 heavy (non-hydrogen) atoms.